The molecule has 94 valence electrons. The molecule has 0 aliphatic carbocycles. The first-order valence-corrected chi connectivity index (χ1v) is 5.54. The van der Waals surface area contributed by atoms with Crippen LogP contribution < -0.4 is 5.73 Å². The lowest BCUT2D eigenvalue weighted by atomic mass is 9.78. The van der Waals surface area contributed by atoms with Crippen molar-refractivity contribution in [3.63, 3.8) is 0 Å². The van der Waals surface area contributed by atoms with Crippen LogP contribution in [0.1, 0.15) is 31.9 Å². The zero-order chi connectivity index (χ0) is 13.2. The van der Waals surface area contributed by atoms with Crippen LogP contribution in [-0.4, -0.2) is 11.1 Å². The number of hydrogen-bond acceptors (Lipinski definition) is 2. The first-order chi connectivity index (χ1) is 7.74. The molecule has 0 heterocycles. The molecule has 0 fully saturated rings. The number of carboxylic acids is 1. The maximum Gasteiger partial charge on any atom is 0.303 e. The summed E-state index contributed by atoms with van der Waals surface area (Å²) in [7, 11) is 0. The Bertz CT molecular complexity index is 435. The highest BCUT2D eigenvalue weighted by Crippen LogP contribution is 2.36. The Morgan fingerprint density at radius 3 is 2.71 bits per heavy atom. The predicted octanol–water partition coefficient (Wildman–Crippen LogP) is 2.98. The quantitative estimate of drug-likeness (QED) is 0.874. The van der Waals surface area contributed by atoms with Crippen LogP contribution in [0.5, 0.6) is 0 Å². The molecule has 1 unspecified atom stereocenters. The highest BCUT2D eigenvalue weighted by molar-refractivity contribution is 6.30. The van der Waals surface area contributed by atoms with Gasteiger partial charge in [0.2, 0.25) is 0 Å². The van der Waals surface area contributed by atoms with E-state index in [1.807, 2.05) is 0 Å². The van der Waals surface area contributed by atoms with Gasteiger partial charge in [-0.15, -0.1) is 0 Å². The van der Waals surface area contributed by atoms with Crippen molar-refractivity contribution in [2.75, 3.05) is 0 Å². The van der Waals surface area contributed by atoms with E-state index in [-0.39, 0.29) is 12.0 Å². The van der Waals surface area contributed by atoms with E-state index in [4.69, 9.17) is 22.4 Å². The molecule has 3 nitrogen and oxygen atoms in total. The molecule has 17 heavy (non-hydrogen) atoms. The minimum Gasteiger partial charge on any atom is -0.481 e. The van der Waals surface area contributed by atoms with Crippen LogP contribution >= 0.6 is 11.6 Å². The maximum atomic E-state index is 13.6. The molecule has 1 rings (SSSR count). The Labute approximate surface area is 104 Å². The van der Waals surface area contributed by atoms with Crippen LogP contribution in [0, 0.1) is 11.2 Å². The first-order valence-electron chi connectivity index (χ1n) is 5.16. The fraction of sp³-hybridized carbons (Fsp3) is 0.417. The minimum absolute atomic E-state index is 0.139. The van der Waals surface area contributed by atoms with Crippen LogP contribution in [0.2, 0.25) is 5.02 Å². The lowest BCUT2D eigenvalue weighted by Gasteiger charge is -2.30. The second kappa shape index (κ2) is 5.02. The van der Waals surface area contributed by atoms with Crippen molar-refractivity contribution in [2.45, 2.75) is 26.3 Å². The molecule has 0 aliphatic heterocycles. The monoisotopic (exact) mass is 259 g/mol. The molecular weight excluding hydrogens is 245 g/mol. The van der Waals surface area contributed by atoms with Crippen LogP contribution in [0.3, 0.4) is 0 Å². The molecule has 0 aliphatic rings. The largest absolute Gasteiger partial charge is 0.481 e. The van der Waals surface area contributed by atoms with Crippen LogP contribution in [-0.2, 0) is 4.79 Å². The summed E-state index contributed by atoms with van der Waals surface area (Å²) in [6, 6.07) is 3.37. The van der Waals surface area contributed by atoms with E-state index >= 15 is 0 Å². The Balaban J connectivity index is 3.06. The van der Waals surface area contributed by atoms with Crippen molar-refractivity contribution in [1.82, 2.24) is 0 Å². The second-order valence-corrected chi connectivity index (χ2v) is 5.14. The number of benzene rings is 1. The zero-order valence-electron chi connectivity index (χ0n) is 9.71. The molecule has 0 radical (unpaired) electrons. The molecule has 0 aromatic heterocycles. The van der Waals surface area contributed by atoms with Crippen molar-refractivity contribution >= 4 is 17.6 Å². The van der Waals surface area contributed by atoms with Crippen LogP contribution in [0.15, 0.2) is 18.2 Å². The van der Waals surface area contributed by atoms with Gasteiger partial charge in [0.15, 0.2) is 0 Å². The number of aliphatic carboxylic acids is 1. The number of hydrogen-bond donors (Lipinski definition) is 2. The van der Waals surface area contributed by atoms with Crippen LogP contribution in [0.25, 0.3) is 0 Å². The van der Waals surface area contributed by atoms with Crippen molar-refractivity contribution in [2.24, 2.45) is 11.1 Å². The van der Waals surface area contributed by atoms with E-state index in [9.17, 15) is 9.18 Å². The van der Waals surface area contributed by atoms with E-state index in [0.717, 1.165) is 0 Å². The average molecular weight is 260 g/mol. The summed E-state index contributed by atoms with van der Waals surface area (Å²) in [5, 5.41) is 9.17. The van der Waals surface area contributed by atoms with Crippen molar-refractivity contribution in [1.29, 1.82) is 0 Å². The highest BCUT2D eigenvalue weighted by Gasteiger charge is 2.32. The maximum absolute atomic E-state index is 13.6. The molecule has 3 N–H and O–H groups in total. The minimum atomic E-state index is -0.965. The molecule has 0 spiro atoms. The third kappa shape index (κ3) is 3.41. The number of carbonyl (C=O) groups is 1. The van der Waals surface area contributed by atoms with Gasteiger partial charge in [0.05, 0.1) is 6.42 Å². The summed E-state index contributed by atoms with van der Waals surface area (Å²) in [4.78, 5) is 10.7. The molecule has 0 amide bonds. The second-order valence-electron chi connectivity index (χ2n) is 4.70. The van der Waals surface area contributed by atoms with Gasteiger partial charge in [-0.1, -0.05) is 25.4 Å². The lowest BCUT2D eigenvalue weighted by Crippen LogP contribution is -2.32. The molecule has 0 saturated carbocycles. The molecule has 1 aromatic carbocycles. The zero-order valence-corrected chi connectivity index (χ0v) is 10.5. The van der Waals surface area contributed by atoms with Crippen molar-refractivity contribution in [3.05, 3.63) is 34.6 Å². The topological polar surface area (TPSA) is 63.3 Å². The van der Waals surface area contributed by atoms with E-state index in [1.165, 1.54) is 18.2 Å². The van der Waals surface area contributed by atoms with Crippen molar-refractivity contribution in [3.8, 4) is 0 Å². The van der Waals surface area contributed by atoms with Gasteiger partial charge in [-0.2, -0.15) is 0 Å². The fourth-order valence-corrected chi connectivity index (χ4v) is 1.85. The Morgan fingerprint density at radius 2 is 2.18 bits per heavy atom. The van der Waals surface area contributed by atoms with Gasteiger partial charge in [-0.05, 0) is 23.6 Å². The Hall–Kier alpha value is -1.13. The van der Waals surface area contributed by atoms with Gasteiger partial charge >= 0.3 is 5.97 Å². The van der Waals surface area contributed by atoms with E-state index in [2.05, 4.69) is 0 Å². The number of halogens is 2. The third-order valence-corrected chi connectivity index (χ3v) is 2.98. The average Bonchev–Trinajstić information content (AvgIpc) is 2.18. The normalized spacial score (nSPS) is 13.5. The van der Waals surface area contributed by atoms with Gasteiger partial charge in [0.25, 0.3) is 0 Å². The van der Waals surface area contributed by atoms with Gasteiger partial charge in [0, 0.05) is 16.6 Å². The Morgan fingerprint density at radius 1 is 1.59 bits per heavy atom. The first kappa shape index (κ1) is 13.9. The highest BCUT2D eigenvalue weighted by atomic mass is 35.5. The van der Waals surface area contributed by atoms with E-state index in [0.29, 0.717) is 5.02 Å². The molecule has 0 saturated heterocycles. The fourth-order valence-electron chi connectivity index (χ4n) is 1.67. The molecular formula is C12H15ClFNO2. The summed E-state index contributed by atoms with van der Waals surface area (Å²) in [6.45, 7) is 3.37. The third-order valence-electron chi connectivity index (χ3n) is 2.74. The van der Waals surface area contributed by atoms with E-state index in [1.54, 1.807) is 13.8 Å². The number of rotatable bonds is 4. The van der Waals surface area contributed by atoms with Crippen molar-refractivity contribution < 1.29 is 14.3 Å². The van der Waals surface area contributed by atoms with E-state index < -0.39 is 23.2 Å². The van der Waals surface area contributed by atoms with Gasteiger partial charge in [0.1, 0.15) is 5.82 Å². The Kier molecular flexibility index (Phi) is 4.11. The number of nitrogens with two attached hydrogens (primary N) is 1. The van der Waals surface area contributed by atoms with Gasteiger partial charge < -0.3 is 10.8 Å². The molecule has 0 bridgehead atoms. The SMILES string of the molecule is CC(C)(CC(=O)O)C(N)c1cc(Cl)ccc1F. The lowest BCUT2D eigenvalue weighted by molar-refractivity contribution is -0.139. The molecule has 5 heteroatoms. The summed E-state index contributed by atoms with van der Waals surface area (Å²) in [6.07, 6.45) is -0.139. The van der Waals surface area contributed by atoms with Gasteiger partial charge in [-0.3, -0.25) is 4.79 Å². The molecule has 1 atom stereocenters. The summed E-state index contributed by atoms with van der Waals surface area (Å²) >= 11 is 5.78. The molecule has 1 aromatic rings. The smallest absolute Gasteiger partial charge is 0.303 e. The van der Waals surface area contributed by atoms with Gasteiger partial charge in [-0.25, -0.2) is 4.39 Å². The predicted molar refractivity (Wildman–Crippen MR) is 64.4 cm³/mol. The van der Waals surface area contributed by atoms with Crippen LogP contribution in [0.4, 0.5) is 4.39 Å². The standard InChI is InChI=1S/C12H15ClFNO2/c1-12(2,6-10(16)17)11(15)8-5-7(13)3-4-9(8)14/h3-5,11H,6,15H2,1-2H3,(H,16,17). The summed E-state index contributed by atoms with van der Waals surface area (Å²) in [5.41, 5.74) is 5.42. The summed E-state index contributed by atoms with van der Waals surface area (Å²) < 4.78 is 13.6. The summed E-state index contributed by atoms with van der Waals surface area (Å²) in [5.74, 6) is -1.44. The number of carboxylic acid groups (broad SMARTS) is 1.